The van der Waals surface area contributed by atoms with Crippen molar-refractivity contribution in [1.82, 2.24) is 4.98 Å². The van der Waals surface area contributed by atoms with Crippen molar-refractivity contribution in [2.45, 2.75) is 19.5 Å². The van der Waals surface area contributed by atoms with Gasteiger partial charge in [-0.05, 0) is 18.6 Å². The zero-order valence-corrected chi connectivity index (χ0v) is 9.86. The number of halogens is 3. The normalized spacial score (nSPS) is 11.3. The second-order valence-corrected chi connectivity index (χ2v) is 3.70. The number of aromatic nitrogens is 1. The molecular weight excluding hydrogens is 253 g/mol. The molecule has 94 valence electrons. The van der Waals surface area contributed by atoms with Crippen molar-refractivity contribution in [3.63, 3.8) is 0 Å². The first-order valence-electron chi connectivity index (χ1n) is 4.87. The summed E-state index contributed by atoms with van der Waals surface area (Å²) in [6.45, 7) is 2.08. The first-order chi connectivity index (χ1) is 7.86. The summed E-state index contributed by atoms with van der Waals surface area (Å²) in [5.41, 5.74) is 4.56. The van der Waals surface area contributed by atoms with Crippen LogP contribution in [0.1, 0.15) is 24.6 Å². The van der Waals surface area contributed by atoms with E-state index in [4.69, 9.17) is 22.7 Å². The highest BCUT2D eigenvalue weighted by Crippen LogP contribution is 2.30. The molecular formula is C10H11F3N2OS. The topological polar surface area (TPSA) is 48.1 Å². The van der Waals surface area contributed by atoms with E-state index < -0.39 is 11.9 Å². The minimum atomic E-state index is -4.51. The molecule has 2 N–H and O–H groups in total. The molecule has 1 heterocycles. The largest absolute Gasteiger partial charge is 0.477 e. The summed E-state index contributed by atoms with van der Waals surface area (Å²) in [7, 11) is 0. The van der Waals surface area contributed by atoms with Crippen LogP contribution in [0.3, 0.4) is 0 Å². The number of pyridine rings is 1. The molecule has 1 aromatic rings. The minimum Gasteiger partial charge on any atom is -0.477 e. The number of rotatable bonds is 4. The van der Waals surface area contributed by atoms with E-state index in [-0.39, 0.29) is 23.0 Å². The number of nitrogens with zero attached hydrogens (tertiary/aromatic N) is 1. The van der Waals surface area contributed by atoms with Crippen LogP contribution in [-0.4, -0.2) is 16.6 Å². The minimum absolute atomic E-state index is 0.0441. The van der Waals surface area contributed by atoms with E-state index in [1.807, 2.05) is 6.92 Å². The molecule has 1 rings (SSSR count). The Hall–Kier alpha value is -1.37. The van der Waals surface area contributed by atoms with Gasteiger partial charge in [0.1, 0.15) is 10.7 Å². The third-order valence-corrected chi connectivity index (χ3v) is 2.08. The summed E-state index contributed by atoms with van der Waals surface area (Å²) in [5.74, 6) is -0.172. The third kappa shape index (κ3) is 3.55. The van der Waals surface area contributed by atoms with Crippen LogP contribution in [0.2, 0.25) is 0 Å². The fourth-order valence-electron chi connectivity index (χ4n) is 1.09. The highest BCUT2D eigenvalue weighted by Gasteiger charge is 2.33. The van der Waals surface area contributed by atoms with Crippen molar-refractivity contribution in [2.75, 3.05) is 6.61 Å². The van der Waals surface area contributed by atoms with E-state index in [9.17, 15) is 13.2 Å². The zero-order chi connectivity index (χ0) is 13.1. The maximum Gasteiger partial charge on any atom is 0.433 e. The van der Waals surface area contributed by atoms with Crippen LogP contribution in [-0.2, 0) is 6.18 Å². The Bertz CT molecular complexity index is 421. The van der Waals surface area contributed by atoms with Crippen LogP contribution in [0.5, 0.6) is 5.88 Å². The molecule has 7 heteroatoms. The fourth-order valence-corrected chi connectivity index (χ4v) is 1.25. The van der Waals surface area contributed by atoms with Crippen LogP contribution in [0.4, 0.5) is 13.2 Å². The molecule has 0 aliphatic rings. The van der Waals surface area contributed by atoms with Gasteiger partial charge in [-0.15, -0.1) is 0 Å². The van der Waals surface area contributed by atoms with Gasteiger partial charge in [-0.3, -0.25) is 0 Å². The highest BCUT2D eigenvalue weighted by molar-refractivity contribution is 7.80. The summed E-state index contributed by atoms with van der Waals surface area (Å²) in [6.07, 6.45) is -3.87. The molecule has 0 saturated carbocycles. The van der Waals surface area contributed by atoms with E-state index in [1.165, 1.54) is 6.07 Å². The maximum atomic E-state index is 12.4. The molecule has 3 nitrogen and oxygen atoms in total. The number of alkyl halides is 3. The zero-order valence-electron chi connectivity index (χ0n) is 9.04. The van der Waals surface area contributed by atoms with Crippen LogP contribution in [0.15, 0.2) is 12.1 Å². The number of nitrogens with two attached hydrogens (primary N) is 1. The van der Waals surface area contributed by atoms with Crippen molar-refractivity contribution < 1.29 is 17.9 Å². The number of thiocarbonyl (C=S) groups is 1. The van der Waals surface area contributed by atoms with Gasteiger partial charge in [-0.25, -0.2) is 4.98 Å². The van der Waals surface area contributed by atoms with Crippen molar-refractivity contribution in [3.05, 3.63) is 23.4 Å². The van der Waals surface area contributed by atoms with Crippen LogP contribution >= 0.6 is 12.2 Å². The van der Waals surface area contributed by atoms with Crippen LogP contribution in [0.25, 0.3) is 0 Å². The standard InChI is InChI=1S/C10H11F3N2OS/c1-2-5-16-9-6(8(14)17)3-4-7(15-9)10(11,12)13/h3-4H,2,5H2,1H3,(H2,14,17). The van der Waals surface area contributed by atoms with E-state index >= 15 is 0 Å². The Morgan fingerprint density at radius 1 is 1.47 bits per heavy atom. The van der Waals surface area contributed by atoms with Gasteiger partial charge in [0.25, 0.3) is 0 Å². The van der Waals surface area contributed by atoms with Crippen LogP contribution < -0.4 is 10.5 Å². The predicted molar refractivity (Wildman–Crippen MR) is 60.9 cm³/mol. The first kappa shape index (κ1) is 13.7. The molecule has 1 aromatic heterocycles. The quantitative estimate of drug-likeness (QED) is 0.849. The molecule has 0 radical (unpaired) electrons. The molecule has 0 spiro atoms. The lowest BCUT2D eigenvalue weighted by Crippen LogP contribution is -2.16. The van der Waals surface area contributed by atoms with Crippen molar-refractivity contribution in [3.8, 4) is 5.88 Å². The summed E-state index contributed by atoms with van der Waals surface area (Å²) < 4.78 is 42.4. The van der Waals surface area contributed by atoms with E-state index in [2.05, 4.69) is 4.98 Å². The molecule has 0 fully saturated rings. The lowest BCUT2D eigenvalue weighted by Gasteiger charge is -2.12. The summed E-state index contributed by atoms with van der Waals surface area (Å²) in [6, 6.07) is 2.00. The average Bonchev–Trinajstić information content (AvgIpc) is 2.24. The number of hydrogen-bond donors (Lipinski definition) is 1. The van der Waals surface area contributed by atoms with Gasteiger partial charge in [0.15, 0.2) is 0 Å². The lowest BCUT2D eigenvalue weighted by atomic mass is 10.2. The smallest absolute Gasteiger partial charge is 0.433 e. The molecule has 0 bridgehead atoms. The summed E-state index contributed by atoms with van der Waals surface area (Å²) in [5, 5.41) is 0. The summed E-state index contributed by atoms with van der Waals surface area (Å²) >= 11 is 4.71. The van der Waals surface area contributed by atoms with E-state index in [0.717, 1.165) is 6.07 Å². The fraction of sp³-hybridized carbons (Fsp3) is 0.400. The molecule has 0 aliphatic heterocycles. The summed E-state index contributed by atoms with van der Waals surface area (Å²) in [4.78, 5) is 3.34. The van der Waals surface area contributed by atoms with E-state index in [1.54, 1.807) is 0 Å². The molecule has 0 saturated heterocycles. The SMILES string of the molecule is CCCOc1nc(C(F)(F)F)ccc1C(N)=S. The molecule has 17 heavy (non-hydrogen) atoms. The Balaban J connectivity index is 3.14. The molecule has 0 unspecified atom stereocenters. The number of hydrogen-bond acceptors (Lipinski definition) is 3. The van der Waals surface area contributed by atoms with Crippen LogP contribution in [0, 0.1) is 0 Å². The van der Waals surface area contributed by atoms with Crippen molar-refractivity contribution >= 4 is 17.2 Å². The van der Waals surface area contributed by atoms with Gasteiger partial charge in [0.05, 0.1) is 12.2 Å². The Labute approximate surface area is 102 Å². The Kier molecular flexibility index (Phi) is 4.28. The lowest BCUT2D eigenvalue weighted by molar-refractivity contribution is -0.141. The molecule has 0 aliphatic carbocycles. The molecule has 0 aromatic carbocycles. The number of ether oxygens (including phenoxy) is 1. The highest BCUT2D eigenvalue weighted by atomic mass is 32.1. The average molecular weight is 264 g/mol. The van der Waals surface area contributed by atoms with Gasteiger partial charge in [-0.2, -0.15) is 13.2 Å². The Morgan fingerprint density at radius 2 is 2.12 bits per heavy atom. The first-order valence-corrected chi connectivity index (χ1v) is 5.28. The van der Waals surface area contributed by atoms with E-state index in [0.29, 0.717) is 6.42 Å². The van der Waals surface area contributed by atoms with Crippen molar-refractivity contribution in [2.24, 2.45) is 5.73 Å². The Morgan fingerprint density at radius 3 is 2.59 bits per heavy atom. The predicted octanol–water partition coefficient (Wildman–Crippen LogP) is 2.52. The second-order valence-electron chi connectivity index (χ2n) is 3.26. The monoisotopic (exact) mass is 264 g/mol. The van der Waals surface area contributed by atoms with Gasteiger partial charge >= 0.3 is 6.18 Å². The molecule has 0 atom stereocenters. The second kappa shape index (κ2) is 5.31. The maximum absolute atomic E-state index is 12.4. The third-order valence-electron chi connectivity index (χ3n) is 1.86. The van der Waals surface area contributed by atoms with Gasteiger partial charge in [-0.1, -0.05) is 19.1 Å². The van der Waals surface area contributed by atoms with Crippen molar-refractivity contribution in [1.29, 1.82) is 0 Å². The van der Waals surface area contributed by atoms with Gasteiger partial charge in [0, 0.05) is 0 Å². The molecule has 0 amide bonds. The van der Waals surface area contributed by atoms with Gasteiger partial charge in [0.2, 0.25) is 5.88 Å². The van der Waals surface area contributed by atoms with Gasteiger partial charge < -0.3 is 10.5 Å².